The van der Waals surface area contributed by atoms with Crippen LogP contribution in [0.5, 0.6) is 0 Å². The predicted molar refractivity (Wildman–Crippen MR) is 175 cm³/mol. The first-order valence-corrected chi connectivity index (χ1v) is 15.6. The quantitative estimate of drug-likeness (QED) is 0.0917. The number of aryl methyl sites for hydroxylation is 1. The molecule has 13 heteroatoms. The van der Waals surface area contributed by atoms with Crippen molar-refractivity contribution in [2.45, 2.75) is 121 Å². The van der Waals surface area contributed by atoms with Gasteiger partial charge in [0.25, 0.3) is 0 Å². The van der Waals surface area contributed by atoms with Gasteiger partial charge in [-0.1, -0.05) is 12.1 Å². The van der Waals surface area contributed by atoms with Crippen LogP contribution >= 0.6 is 24.4 Å². The summed E-state index contributed by atoms with van der Waals surface area (Å²) in [6.07, 6.45) is 0.244. The van der Waals surface area contributed by atoms with Crippen LogP contribution in [0.1, 0.15) is 88.1 Å². The number of carboxylic acids is 1. The fourth-order valence-corrected chi connectivity index (χ4v) is 4.67. The standard InChI is InChI=1S/C20H30FNO4S.C11H21NO4S/c1-19(2,3)26-18(24)22-16(17(23)25-6)20(4,5)27-13-7-8-14-9-11-15(21)12-10-14;1-9(2,3)16-8(15)12-11(6,7(13)14)10(4,5)17/h9-12,16H,7-8,13H2,1-6H3,(H,22,24);17H,1-6H3,(H,12,15)(H,13,14)/t16-;11-/m11/s1. The lowest BCUT2D eigenvalue weighted by Crippen LogP contribution is -2.63. The molecule has 1 rings (SSSR count). The lowest BCUT2D eigenvalue weighted by atomic mass is 9.87. The SMILES string of the molecule is CC(C)(C)OC(=O)N[C@](C)(C(=O)O)C(C)(C)S.COC(=O)[C@@H](NC(=O)OC(C)(C)C)C(C)(C)SCCCc1ccc(F)cc1. The smallest absolute Gasteiger partial charge is 0.408 e. The third-order valence-corrected chi connectivity index (χ3v) is 8.11. The van der Waals surface area contributed by atoms with Gasteiger partial charge in [-0.05, 0) is 112 Å². The van der Waals surface area contributed by atoms with Crippen molar-refractivity contribution in [3.63, 3.8) is 0 Å². The summed E-state index contributed by atoms with van der Waals surface area (Å²) >= 11 is 5.78. The number of hydrogen-bond donors (Lipinski definition) is 4. The zero-order valence-electron chi connectivity index (χ0n) is 28.0. The molecule has 0 saturated heterocycles. The molecule has 0 aliphatic heterocycles. The lowest BCUT2D eigenvalue weighted by Gasteiger charge is -2.38. The maximum atomic E-state index is 12.9. The first-order chi connectivity index (χ1) is 19.7. The molecule has 1 aromatic carbocycles. The Kier molecular flexibility index (Phi) is 15.6. The van der Waals surface area contributed by atoms with Crippen LogP contribution in [-0.4, -0.2) is 74.4 Å². The summed E-state index contributed by atoms with van der Waals surface area (Å²) in [5.74, 6) is -1.16. The fourth-order valence-electron chi connectivity index (χ4n) is 3.38. The topological polar surface area (TPSA) is 140 Å². The largest absolute Gasteiger partial charge is 0.479 e. The normalized spacial score (nSPS) is 14.1. The first kappa shape index (κ1) is 41.3. The van der Waals surface area contributed by atoms with E-state index in [1.54, 1.807) is 79.3 Å². The average molecular weight is 663 g/mol. The molecular formula is C31H51FN2O8S2. The summed E-state index contributed by atoms with van der Waals surface area (Å²) in [5, 5.41) is 14.2. The number of nitrogens with one attached hydrogen (secondary N) is 2. The van der Waals surface area contributed by atoms with E-state index in [2.05, 4.69) is 23.3 Å². The molecule has 0 radical (unpaired) electrons. The monoisotopic (exact) mass is 662 g/mol. The summed E-state index contributed by atoms with van der Waals surface area (Å²) in [6, 6.07) is 5.60. The Bertz CT molecular complexity index is 1110. The number of hydrogen-bond acceptors (Lipinski definition) is 9. The molecule has 2 atom stereocenters. The van der Waals surface area contributed by atoms with Crippen molar-refractivity contribution >= 4 is 48.5 Å². The fraction of sp³-hybridized carbons (Fsp3) is 0.677. The number of carboxylic acid groups (broad SMARTS) is 1. The van der Waals surface area contributed by atoms with Gasteiger partial charge in [0.1, 0.15) is 23.1 Å². The Labute approximate surface area is 271 Å². The summed E-state index contributed by atoms with van der Waals surface area (Å²) < 4.78 is 26.6. The van der Waals surface area contributed by atoms with E-state index in [1.807, 2.05) is 13.8 Å². The van der Waals surface area contributed by atoms with Gasteiger partial charge < -0.3 is 30.0 Å². The molecular weight excluding hydrogens is 611 g/mol. The number of rotatable bonds is 11. The van der Waals surface area contributed by atoms with Crippen LogP contribution in [0.2, 0.25) is 0 Å². The van der Waals surface area contributed by atoms with Gasteiger partial charge in [0, 0.05) is 9.49 Å². The summed E-state index contributed by atoms with van der Waals surface area (Å²) in [5.41, 5.74) is -1.79. The molecule has 0 saturated carbocycles. The number of carbonyl (C=O) groups excluding carboxylic acids is 3. The van der Waals surface area contributed by atoms with Crippen molar-refractivity contribution < 1.29 is 42.9 Å². The van der Waals surface area contributed by atoms with Gasteiger partial charge in [-0.2, -0.15) is 24.4 Å². The highest BCUT2D eigenvalue weighted by molar-refractivity contribution is 8.00. The van der Waals surface area contributed by atoms with E-state index < -0.39 is 56.4 Å². The zero-order chi connectivity index (χ0) is 34.7. The zero-order valence-corrected chi connectivity index (χ0v) is 29.8. The number of ether oxygens (including phenoxy) is 3. The Morgan fingerprint density at radius 3 is 1.77 bits per heavy atom. The number of amides is 2. The Balaban J connectivity index is 0.000000938. The number of thioether (sulfide) groups is 1. The van der Waals surface area contributed by atoms with Crippen molar-refractivity contribution in [3.8, 4) is 0 Å². The highest BCUT2D eigenvalue weighted by Crippen LogP contribution is 2.31. The molecule has 0 heterocycles. The molecule has 0 bridgehead atoms. The minimum Gasteiger partial charge on any atom is -0.479 e. The van der Waals surface area contributed by atoms with Crippen LogP contribution in [0.4, 0.5) is 14.0 Å². The molecule has 0 unspecified atom stereocenters. The second-order valence-electron chi connectivity index (χ2n) is 13.4. The van der Waals surface area contributed by atoms with Crippen molar-refractivity contribution in [1.29, 1.82) is 0 Å². The maximum absolute atomic E-state index is 12.9. The number of aliphatic carboxylic acids is 1. The number of carbonyl (C=O) groups is 4. The van der Waals surface area contributed by atoms with Crippen molar-refractivity contribution in [1.82, 2.24) is 10.6 Å². The second-order valence-corrected chi connectivity index (χ2v) is 16.3. The minimum absolute atomic E-state index is 0.247. The van der Waals surface area contributed by atoms with Crippen LogP contribution in [0, 0.1) is 5.82 Å². The number of thiol groups is 1. The average Bonchev–Trinajstić information content (AvgIpc) is 2.83. The Morgan fingerprint density at radius 2 is 1.36 bits per heavy atom. The molecule has 252 valence electrons. The van der Waals surface area contributed by atoms with Gasteiger partial charge in [0.2, 0.25) is 0 Å². The van der Waals surface area contributed by atoms with Crippen molar-refractivity contribution in [3.05, 3.63) is 35.6 Å². The van der Waals surface area contributed by atoms with Crippen LogP contribution < -0.4 is 10.6 Å². The molecule has 44 heavy (non-hydrogen) atoms. The lowest BCUT2D eigenvalue weighted by molar-refractivity contribution is -0.145. The molecule has 0 spiro atoms. The molecule has 0 fully saturated rings. The second kappa shape index (κ2) is 16.6. The number of benzene rings is 1. The van der Waals surface area contributed by atoms with E-state index in [9.17, 15) is 28.7 Å². The highest BCUT2D eigenvalue weighted by atomic mass is 32.2. The van der Waals surface area contributed by atoms with Gasteiger partial charge in [-0.15, -0.1) is 0 Å². The third-order valence-electron chi connectivity index (χ3n) is 6.19. The van der Waals surface area contributed by atoms with Crippen molar-refractivity contribution in [2.75, 3.05) is 12.9 Å². The van der Waals surface area contributed by atoms with Gasteiger partial charge in [0.05, 0.1) is 7.11 Å². The summed E-state index contributed by atoms with van der Waals surface area (Å²) in [4.78, 5) is 47.1. The summed E-state index contributed by atoms with van der Waals surface area (Å²) in [6.45, 7) is 18.8. The van der Waals surface area contributed by atoms with Crippen LogP contribution in [-0.2, 0) is 30.2 Å². The highest BCUT2D eigenvalue weighted by Gasteiger charge is 2.47. The molecule has 0 aromatic heterocycles. The number of methoxy groups -OCH3 is 1. The maximum Gasteiger partial charge on any atom is 0.408 e. The van der Waals surface area contributed by atoms with Crippen LogP contribution in [0.3, 0.4) is 0 Å². The number of halogens is 1. The molecule has 10 nitrogen and oxygen atoms in total. The molecule has 1 aromatic rings. The predicted octanol–water partition coefficient (Wildman–Crippen LogP) is 6.40. The van der Waals surface area contributed by atoms with E-state index >= 15 is 0 Å². The van der Waals surface area contributed by atoms with Gasteiger partial charge in [-0.3, -0.25) is 0 Å². The van der Waals surface area contributed by atoms with Gasteiger partial charge >= 0.3 is 24.1 Å². The van der Waals surface area contributed by atoms with Crippen LogP contribution in [0.15, 0.2) is 24.3 Å². The first-order valence-electron chi connectivity index (χ1n) is 14.2. The van der Waals surface area contributed by atoms with Gasteiger partial charge in [0.15, 0.2) is 5.54 Å². The molecule has 0 aliphatic rings. The third kappa shape index (κ3) is 15.4. The Morgan fingerprint density at radius 1 is 0.886 bits per heavy atom. The number of esters is 1. The molecule has 3 N–H and O–H groups in total. The van der Waals surface area contributed by atoms with E-state index in [1.165, 1.54) is 26.2 Å². The van der Waals surface area contributed by atoms with Crippen molar-refractivity contribution in [2.24, 2.45) is 0 Å². The summed E-state index contributed by atoms with van der Waals surface area (Å²) in [7, 11) is 1.29. The van der Waals surface area contributed by atoms with E-state index in [0.717, 1.165) is 24.2 Å². The van der Waals surface area contributed by atoms with E-state index in [0.29, 0.717) is 0 Å². The van der Waals surface area contributed by atoms with Crippen LogP contribution in [0.25, 0.3) is 0 Å². The van der Waals surface area contributed by atoms with E-state index in [4.69, 9.17) is 14.2 Å². The minimum atomic E-state index is -1.52. The van der Waals surface area contributed by atoms with E-state index in [-0.39, 0.29) is 5.82 Å². The van der Waals surface area contributed by atoms with Gasteiger partial charge in [-0.25, -0.2) is 23.6 Å². The number of alkyl carbamates (subject to hydrolysis) is 2. The molecule has 2 amide bonds. The molecule has 0 aliphatic carbocycles. The Hall–Kier alpha value is -2.67.